The van der Waals surface area contributed by atoms with E-state index in [0.717, 1.165) is 16.5 Å². The molecule has 1 aromatic carbocycles. The number of rotatable bonds is 5. The van der Waals surface area contributed by atoms with Gasteiger partial charge in [0.2, 0.25) is 0 Å². The number of oxazole rings is 1. The summed E-state index contributed by atoms with van der Waals surface area (Å²) in [6, 6.07) is 6.31. The third-order valence-electron chi connectivity index (χ3n) is 2.34. The zero-order chi connectivity index (χ0) is 13.0. The van der Waals surface area contributed by atoms with Crippen LogP contribution in [0.5, 0.6) is 0 Å². The van der Waals surface area contributed by atoms with E-state index in [4.69, 9.17) is 16.0 Å². The van der Waals surface area contributed by atoms with Gasteiger partial charge >= 0.3 is 0 Å². The third-order valence-corrected chi connectivity index (χ3v) is 3.55. The van der Waals surface area contributed by atoms with Gasteiger partial charge in [0.15, 0.2) is 0 Å². The molecule has 1 N–H and O–H groups in total. The minimum atomic E-state index is 0.445. The van der Waals surface area contributed by atoms with E-state index in [1.165, 1.54) is 17.3 Å². The lowest BCUT2D eigenvalue weighted by molar-refractivity contribution is 0.454. The average Bonchev–Trinajstić information content (AvgIpc) is 2.80. The van der Waals surface area contributed by atoms with Crippen molar-refractivity contribution < 1.29 is 4.42 Å². The second-order valence-corrected chi connectivity index (χ2v) is 5.62. The van der Waals surface area contributed by atoms with E-state index in [0.29, 0.717) is 11.3 Å². The van der Waals surface area contributed by atoms with Crippen LogP contribution in [0.2, 0.25) is 5.02 Å². The van der Waals surface area contributed by atoms with Gasteiger partial charge in [0.05, 0.1) is 6.20 Å². The van der Waals surface area contributed by atoms with Crippen molar-refractivity contribution in [3.8, 4) is 0 Å². The first-order valence-corrected chi connectivity index (χ1v) is 6.94. The molecule has 0 aliphatic heterocycles. The molecule has 2 rings (SSSR count). The number of hydrogen-bond donors (Lipinski definition) is 1. The second kappa shape index (κ2) is 6.27. The summed E-state index contributed by atoms with van der Waals surface area (Å²) in [4.78, 5) is 5.18. The van der Waals surface area contributed by atoms with E-state index in [1.807, 2.05) is 18.2 Å². The molecule has 1 heterocycles. The van der Waals surface area contributed by atoms with E-state index < -0.39 is 0 Å². The number of hydrogen-bond acceptors (Lipinski definition) is 4. The molecule has 96 valence electrons. The van der Waals surface area contributed by atoms with Gasteiger partial charge in [0, 0.05) is 22.5 Å². The summed E-state index contributed by atoms with van der Waals surface area (Å²) in [5.41, 5.74) is 1.19. The monoisotopic (exact) mass is 282 g/mol. The topological polar surface area (TPSA) is 38.1 Å². The van der Waals surface area contributed by atoms with Crippen LogP contribution in [0.3, 0.4) is 0 Å². The van der Waals surface area contributed by atoms with Crippen LogP contribution < -0.4 is 5.32 Å². The molecule has 0 amide bonds. The van der Waals surface area contributed by atoms with Gasteiger partial charge in [-0.05, 0) is 29.5 Å². The molecule has 0 saturated heterocycles. The Kier molecular flexibility index (Phi) is 4.69. The maximum absolute atomic E-state index is 6.03. The lowest BCUT2D eigenvalue weighted by Gasteiger charge is -2.11. The summed E-state index contributed by atoms with van der Waals surface area (Å²) in [6.45, 7) is 5.05. The number of nitrogens with one attached hydrogen (secondary N) is 1. The molecule has 0 bridgehead atoms. The summed E-state index contributed by atoms with van der Waals surface area (Å²) in [7, 11) is 0. The summed E-state index contributed by atoms with van der Waals surface area (Å²) < 4.78 is 5.25. The lowest BCUT2D eigenvalue weighted by Crippen LogP contribution is -2.22. The van der Waals surface area contributed by atoms with E-state index in [1.54, 1.807) is 12.5 Å². The first-order valence-electron chi connectivity index (χ1n) is 5.74. The smallest absolute Gasteiger partial charge is 0.260 e. The minimum Gasteiger partial charge on any atom is -0.440 e. The van der Waals surface area contributed by atoms with Gasteiger partial charge in [0.1, 0.15) is 6.26 Å². The highest BCUT2D eigenvalue weighted by Gasteiger charge is 2.08. The highest BCUT2D eigenvalue weighted by molar-refractivity contribution is 7.99. The van der Waals surface area contributed by atoms with E-state index in [2.05, 4.69) is 24.1 Å². The number of benzene rings is 1. The van der Waals surface area contributed by atoms with Gasteiger partial charge in [-0.25, -0.2) is 4.98 Å². The molecule has 0 spiro atoms. The molecule has 0 fully saturated rings. The van der Waals surface area contributed by atoms with Crippen molar-refractivity contribution in [1.29, 1.82) is 0 Å². The highest BCUT2D eigenvalue weighted by atomic mass is 35.5. The summed E-state index contributed by atoms with van der Waals surface area (Å²) in [5.74, 6) is 0. The summed E-state index contributed by atoms with van der Waals surface area (Å²) in [5, 5.41) is 4.74. The third kappa shape index (κ3) is 3.77. The van der Waals surface area contributed by atoms with Crippen LogP contribution in [0.25, 0.3) is 0 Å². The molecular formula is C13H15ClN2OS. The Labute approximate surface area is 116 Å². The highest BCUT2D eigenvalue weighted by Crippen LogP contribution is 2.31. The zero-order valence-corrected chi connectivity index (χ0v) is 11.9. The molecule has 5 heteroatoms. The largest absolute Gasteiger partial charge is 0.440 e. The standard InChI is InChI=1S/C13H15ClN2OS/c1-9(2)16-8-10-3-4-11(14)7-12(10)18-13-15-5-6-17-13/h3-7,9,16H,8H2,1-2H3. The lowest BCUT2D eigenvalue weighted by atomic mass is 10.2. The number of aromatic nitrogens is 1. The zero-order valence-electron chi connectivity index (χ0n) is 10.3. The summed E-state index contributed by atoms with van der Waals surface area (Å²) >= 11 is 7.52. The SMILES string of the molecule is CC(C)NCc1ccc(Cl)cc1Sc1ncco1. The first kappa shape index (κ1) is 13.5. The van der Waals surface area contributed by atoms with Crippen molar-refractivity contribution in [1.82, 2.24) is 10.3 Å². The molecule has 3 nitrogen and oxygen atoms in total. The van der Waals surface area contributed by atoms with Crippen LogP contribution in [0.1, 0.15) is 19.4 Å². The molecule has 1 aromatic heterocycles. The molecule has 0 aliphatic rings. The molecule has 0 saturated carbocycles. The van der Waals surface area contributed by atoms with Crippen molar-refractivity contribution in [2.45, 2.75) is 36.6 Å². The van der Waals surface area contributed by atoms with Gasteiger partial charge in [-0.15, -0.1) is 0 Å². The fraction of sp³-hybridized carbons (Fsp3) is 0.308. The minimum absolute atomic E-state index is 0.445. The van der Waals surface area contributed by atoms with Gasteiger partial charge in [-0.3, -0.25) is 0 Å². The molecule has 0 unspecified atom stereocenters. The quantitative estimate of drug-likeness (QED) is 0.900. The Bertz CT molecular complexity index is 500. The molecule has 0 atom stereocenters. The molecular weight excluding hydrogens is 268 g/mol. The Balaban J connectivity index is 2.17. The van der Waals surface area contributed by atoms with Crippen LogP contribution in [0.15, 0.2) is 45.2 Å². The maximum atomic E-state index is 6.03. The molecule has 0 aliphatic carbocycles. The van der Waals surface area contributed by atoms with Crippen LogP contribution in [0.4, 0.5) is 0 Å². The number of halogens is 1. The number of nitrogens with zero attached hydrogens (tertiary/aromatic N) is 1. The predicted molar refractivity (Wildman–Crippen MR) is 74.1 cm³/mol. The molecule has 0 radical (unpaired) electrons. The molecule has 2 aromatic rings. The predicted octanol–water partition coefficient (Wildman–Crippen LogP) is 3.98. The molecule has 18 heavy (non-hydrogen) atoms. The van der Waals surface area contributed by atoms with Gasteiger partial charge < -0.3 is 9.73 Å². The van der Waals surface area contributed by atoms with Crippen molar-refractivity contribution in [2.24, 2.45) is 0 Å². The van der Waals surface area contributed by atoms with Gasteiger partial charge in [0.25, 0.3) is 5.22 Å². The van der Waals surface area contributed by atoms with Crippen molar-refractivity contribution in [3.05, 3.63) is 41.2 Å². The van der Waals surface area contributed by atoms with Crippen LogP contribution in [-0.4, -0.2) is 11.0 Å². The average molecular weight is 283 g/mol. The van der Waals surface area contributed by atoms with E-state index in [9.17, 15) is 0 Å². The van der Waals surface area contributed by atoms with Crippen molar-refractivity contribution in [2.75, 3.05) is 0 Å². The van der Waals surface area contributed by atoms with Crippen molar-refractivity contribution >= 4 is 23.4 Å². The van der Waals surface area contributed by atoms with E-state index >= 15 is 0 Å². The van der Waals surface area contributed by atoms with Crippen molar-refractivity contribution in [3.63, 3.8) is 0 Å². The van der Waals surface area contributed by atoms with E-state index in [-0.39, 0.29) is 0 Å². The van der Waals surface area contributed by atoms with Crippen LogP contribution in [-0.2, 0) is 6.54 Å². The van der Waals surface area contributed by atoms with Gasteiger partial charge in [-0.1, -0.05) is 31.5 Å². The van der Waals surface area contributed by atoms with Crippen LogP contribution in [0, 0.1) is 0 Å². The Morgan fingerprint density at radius 2 is 2.28 bits per heavy atom. The normalized spacial score (nSPS) is 11.1. The Morgan fingerprint density at radius 3 is 2.94 bits per heavy atom. The first-order chi connectivity index (χ1) is 8.65. The van der Waals surface area contributed by atoms with Gasteiger partial charge in [-0.2, -0.15) is 0 Å². The fourth-order valence-corrected chi connectivity index (χ4v) is 2.54. The second-order valence-electron chi connectivity index (χ2n) is 4.19. The Hall–Kier alpha value is -0.970. The fourth-order valence-electron chi connectivity index (χ4n) is 1.44. The van der Waals surface area contributed by atoms with Crippen LogP contribution >= 0.6 is 23.4 Å². The summed E-state index contributed by atoms with van der Waals surface area (Å²) in [6.07, 6.45) is 3.21. The maximum Gasteiger partial charge on any atom is 0.260 e. The Morgan fingerprint density at radius 1 is 1.44 bits per heavy atom.